The van der Waals surface area contributed by atoms with Crippen LogP contribution in [0, 0.1) is 0 Å². The summed E-state index contributed by atoms with van der Waals surface area (Å²) in [5, 5.41) is 52.7. The van der Waals surface area contributed by atoms with Crippen molar-refractivity contribution >= 4 is 38.6 Å². The highest BCUT2D eigenvalue weighted by atomic mass is 16.3. The van der Waals surface area contributed by atoms with Crippen molar-refractivity contribution < 1.29 is 20.4 Å². The lowest BCUT2D eigenvalue weighted by Crippen LogP contribution is -2.28. The molecule has 1 aliphatic rings. The van der Waals surface area contributed by atoms with Gasteiger partial charge in [-0.1, -0.05) is 182 Å². The molecule has 0 fully saturated rings. The summed E-state index contributed by atoms with van der Waals surface area (Å²) in [5.74, 6) is -2.28. The van der Waals surface area contributed by atoms with Gasteiger partial charge in [-0.25, -0.2) is 0 Å². The SMILES string of the molecule is Oc1c(O)c(N(c2ccc(-c3ccccc3)cc2)c2ccc3c(c2)C(c2ccccc2)(c2ccccc2)c2ccccc2-3)c(O)c(O)c1-c1cc2ccccc2c2ccccc12. The second-order valence-corrected chi connectivity index (χ2v) is 15.8. The van der Waals surface area contributed by atoms with Gasteiger partial charge in [-0.3, -0.25) is 0 Å². The van der Waals surface area contributed by atoms with Gasteiger partial charge in [0.1, 0.15) is 5.69 Å². The molecular formula is C57H39NO4. The highest BCUT2D eigenvalue weighted by Crippen LogP contribution is 2.61. The van der Waals surface area contributed by atoms with Crippen LogP contribution in [0.25, 0.3) is 54.9 Å². The van der Waals surface area contributed by atoms with Gasteiger partial charge in [0.2, 0.25) is 0 Å². The average molecular weight is 802 g/mol. The lowest BCUT2D eigenvalue weighted by Gasteiger charge is -2.35. The van der Waals surface area contributed by atoms with Crippen molar-refractivity contribution in [3.63, 3.8) is 0 Å². The number of rotatable bonds is 7. The van der Waals surface area contributed by atoms with E-state index < -0.39 is 28.4 Å². The fourth-order valence-electron chi connectivity index (χ4n) is 9.83. The summed E-state index contributed by atoms with van der Waals surface area (Å²) in [6.45, 7) is 0. The maximum Gasteiger partial charge on any atom is 0.186 e. The first-order valence-electron chi connectivity index (χ1n) is 20.7. The maximum absolute atomic E-state index is 12.4. The molecule has 0 saturated heterocycles. The third kappa shape index (κ3) is 5.49. The van der Waals surface area contributed by atoms with Crippen molar-refractivity contribution in [1.82, 2.24) is 0 Å². The monoisotopic (exact) mass is 801 g/mol. The van der Waals surface area contributed by atoms with Gasteiger partial charge in [0.15, 0.2) is 23.0 Å². The standard InChI is InChI=1S/C57H39NO4/c59-53-51(48-34-38-18-10-11-23-43(38)44-24-12-13-25-45(44)48)54(60)56(62)52(55(53)61)58(41-30-28-37(29-31-41)36-16-4-1-5-17-36)42-32-33-47-46-26-14-15-27-49(46)57(50(47)35-42,39-19-6-2-7-20-39)40-21-8-3-9-22-40/h1-35,59-62H. The van der Waals surface area contributed by atoms with Crippen LogP contribution in [0.4, 0.5) is 17.1 Å². The van der Waals surface area contributed by atoms with E-state index in [9.17, 15) is 20.4 Å². The van der Waals surface area contributed by atoms with Crippen LogP contribution in [0.15, 0.2) is 212 Å². The zero-order valence-electron chi connectivity index (χ0n) is 33.4. The quantitative estimate of drug-likeness (QED) is 0.0733. The third-order valence-corrected chi connectivity index (χ3v) is 12.6. The fourth-order valence-corrected chi connectivity index (χ4v) is 9.83. The van der Waals surface area contributed by atoms with Crippen LogP contribution in [0.3, 0.4) is 0 Å². The highest BCUT2D eigenvalue weighted by Gasteiger charge is 2.46. The summed E-state index contributed by atoms with van der Waals surface area (Å²) in [5.41, 5.74) is 9.15. The second-order valence-electron chi connectivity index (χ2n) is 15.8. The minimum Gasteiger partial charge on any atom is -0.504 e. The average Bonchev–Trinajstić information content (AvgIpc) is 3.63. The van der Waals surface area contributed by atoms with E-state index in [0.717, 1.165) is 66.1 Å². The normalized spacial score (nSPS) is 12.6. The zero-order chi connectivity index (χ0) is 42.0. The molecule has 10 aromatic carbocycles. The number of nitrogens with zero attached hydrogens (tertiary/aromatic N) is 1. The van der Waals surface area contributed by atoms with Crippen LogP contribution in [0.1, 0.15) is 22.3 Å². The second kappa shape index (κ2) is 14.5. The molecule has 0 amide bonds. The maximum atomic E-state index is 12.4. The Labute approximate surface area is 358 Å². The Morgan fingerprint density at radius 2 is 0.839 bits per heavy atom. The van der Waals surface area contributed by atoms with E-state index in [1.807, 2.05) is 127 Å². The van der Waals surface area contributed by atoms with Gasteiger partial charge in [0, 0.05) is 11.4 Å². The first-order chi connectivity index (χ1) is 30.4. The van der Waals surface area contributed by atoms with Crippen molar-refractivity contribution in [2.75, 3.05) is 4.90 Å². The third-order valence-electron chi connectivity index (χ3n) is 12.6. The lowest BCUT2D eigenvalue weighted by molar-refractivity contribution is 0.377. The van der Waals surface area contributed by atoms with Crippen molar-refractivity contribution in [3.8, 4) is 56.4 Å². The van der Waals surface area contributed by atoms with E-state index in [4.69, 9.17) is 0 Å². The van der Waals surface area contributed by atoms with Crippen molar-refractivity contribution in [2.24, 2.45) is 0 Å². The number of benzene rings is 10. The molecule has 62 heavy (non-hydrogen) atoms. The van der Waals surface area contributed by atoms with Gasteiger partial charge in [-0.15, -0.1) is 0 Å². The Bertz CT molecular complexity index is 3260. The predicted octanol–water partition coefficient (Wildman–Crippen LogP) is 14.0. The lowest BCUT2D eigenvalue weighted by atomic mass is 9.67. The number of phenols is 4. The van der Waals surface area contributed by atoms with Crippen molar-refractivity contribution in [2.45, 2.75) is 5.41 Å². The molecule has 0 atom stereocenters. The molecular weight excluding hydrogens is 763 g/mol. The summed E-state index contributed by atoms with van der Waals surface area (Å²) in [7, 11) is 0. The van der Waals surface area contributed by atoms with Gasteiger partial charge in [-0.2, -0.15) is 0 Å². The minimum absolute atomic E-state index is 0.0679. The summed E-state index contributed by atoms with van der Waals surface area (Å²) < 4.78 is 0. The number of hydrogen-bond acceptors (Lipinski definition) is 5. The van der Waals surface area contributed by atoms with Crippen LogP contribution in [-0.4, -0.2) is 20.4 Å². The topological polar surface area (TPSA) is 84.2 Å². The summed E-state index contributed by atoms with van der Waals surface area (Å²) in [4.78, 5) is 1.71. The summed E-state index contributed by atoms with van der Waals surface area (Å²) >= 11 is 0. The molecule has 296 valence electrons. The zero-order valence-corrected chi connectivity index (χ0v) is 33.4. The first kappa shape index (κ1) is 36.8. The number of anilines is 3. The molecule has 4 N–H and O–H groups in total. The van der Waals surface area contributed by atoms with Crippen LogP contribution in [0.2, 0.25) is 0 Å². The number of aromatic hydroxyl groups is 4. The summed E-state index contributed by atoms with van der Waals surface area (Å²) in [6.07, 6.45) is 0. The molecule has 0 radical (unpaired) electrons. The summed E-state index contributed by atoms with van der Waals surface area (Å²) in [6, 6.07) is 70.9. The Kier molecular flexibility index (Phi) is 8.58. The molecule has 0 spiro atoms. The van der Waals surface area contributed by atoms with E-state index in [2.05, 4.69) is 84.9 Å². The Morgan fingerprint density at radius 1 is 0.339 bits per heavy atom. The van der Waals surface area contributed by atoms with Gasteiger partial charge in [0.25, 0.3) is 0 Å². The molecule has 5 nitrogen and oxygen atoms in total. The van der Waals surface area contributed by atoms with E-state index in [0.29, 0.717) is 16.9 Å². The van der Waals surface area contributed by atoms with Crippen LogP contribution in [-0.2, 0) is 5.41 Å². The molecule has 0 bridgehead atoms. The molecule has 0 unspecified atom stereocenters. The van der Waals surface area contributed by atoms with E-state index in [1.165, 1.54) is 0 Å². The molecule has 0 heterocycles. The Balaban J connectivity index is 1.18. The first-order valence-corrected chi connectivity index (χ1v) is 20.7. The molecule has 5 heteroatoms. The van der Waals surface area contributed by atoms with Crippen LogP contribution >= 0.6 is 0 Å². The van der Waals surface area contributed by atoms with Crippen LogP contribution in [0.5, 0.6) is 23.0 Å². The molecule has 1 aliphatic carbocycles. The van der Waals surface area contributed by atoms with Crippen LogP contribution < -0.4 is 4.90 Å². The molecule has 0 aliphatic heterocycles. The van der Waals surface area contributed by atoms with Gasteiger partial charge < -0.3 is 25.3 Å². The van der Waals surface area contributed by atoms with E-state index >= 15 is 0 Å². The number of hydrogen-bond donors (Lipinski definition) is 4. The molecule has 0 saturated carbocycles. The van der Waals surface area contributed by atoms with E-state index in [-0.39, 0.29) is 11.3 Å². The minimum atomic E-state index is -0.733. The van der Waals surface area contributed by atoms with Crippen molar-refractivity contribution in [1.29, 1.82) is 0 Å². The van der Waals surface area contributed by atoms with Gasteiger partial charge in [-0.05, 0) is 102 Å². The molecule has 10 aromatic rings. The number of fused-ring (bicyclic) bond motifs is 6. The van der Waals surface area contributed by atoms with Crippen molar-refractivity contribution in [3.05, 3.63) is 235 Å². The molecule has 0 aromatic heterocycles. The molecule has 11 rings (SSSR count). The largest absolute Gasteiger partial charge is 0.504 e. The smallest absolute Gasteiger partial charge is 0.186 e. The van der Waals surface area contributed by atoms with Gasteiger partial charge >= 0.3 is 0 Å². The van der Waals surface area contributed by atoms with E-state index in [1.54, 1.807) is 4.90 Å². The highest BCUT2D eigenvalue weighted by molar-refractivity contribution is 6.15. The fraction of sp³-hybridized carbons (Fsp3) is 0.0175. The number of phenolic OH excluding ortho intramolecular Hbond substituents is 4. The van der Waals surface area contributed by atoms with Gasteiger partial charge in [0.05, 0.1) is 11.0 Å². The Hall–Kier alpha value is -8.28. The Morgan fingerprint density at radius 3 is 1.50 bits per heavy atom. The predicted molar refractivity (Wildman–Crippen MR) is 251 cm³/mol.